The van der Waals surface area contributed by atoms with Gasteiger partial charge in [-0.25, -0.2) is 0 Å². The monoisotopic (exact) mass is 158 g/mol. The molecule has 0 N–H and O–H groups in total. The van der Waals surface area contributed by atoms with Gasteiger partial charge in [0.05, 0.1) is 6.61 Å². The van der Waals surface area contributed by atoms with E-state index >= 15 is 0 Å². The summed E-state index contributed by atoms with van der Waals surface area (Å²) in [6.45, 7) is 10.7. The lowest BCUT2D eigenvalue weighted by molar-refractivity contribution is 0.0976. The fourth-order valence-corrected chi connectivity index (χ4v) is 0.654. The molecular formula is C9H18O2. The smallest absolute Gasteiger partial charge is 0.0671 e. The molecule has 0 unspecified atom stereocenters. The predicted octanol–water partition coefficient (Wildman–Crippen LogP) is 2.01. The molecule has 11 heavy (non-hydrogen) atoms. The molecule has 0 aliphatic heterocycles. The summed E-state index contributed by atoms with van der Waals surface area (Å²) in [6, 6.07) is 0. The fourth-order valence-electron chi connectivity index (χ4n) is 0.654. The maximum absolute atomic E-state index is 5.26. The Morgan fingerprint density at radius 3 is 2.45 bits per heavy atom. The molecule has 66 valence electrons. The Hall–Kier alpha value is -0.340. The summed E-state index contributed by atoms with van der Waals surface area (Å²) < 4.78 is 10.4. The third-order valence-electron chi connectivity index (χ3n) is 1.13. The maximum atomic E-state index is 5.26. The molecule has 0 spiro atoms. The van der Waals surface area contributed by atoms with Crippen LogP contribution in [-0.2, 0) is 9.47 Å². The molecule has 0 bridgehead atoms. The molecule has 0 aliphatic rings. The van der Waals surface area contributed by atoms with Crippen LogP contribution in [-0.4, -0.2) is 26.4 Å². The topological polar surface area (TPSA) is 18.5 Å². The lowest BCUT2D eigenvalue weighted by Gasteiger charge is -2.03. The Balaban J connectivity index is 2.85. The van der Waals surface area contributed by atoms with Gasteiger partial charge in [0.1, 0.15) is 0 Å². The molecule has 0 amide bonds. The van der Waals surface area contributed by atoms with E-state index in [4.69, 9.17) is 9.47 Å². The van der Waals surface area contributed by atoms with Crippen molar-refractivity contribution in [3.63, 3.8) is 0 Å². The molecule has 0 aromatic rings. The van der Waals surface area contributed by atoms with Crippen molar-refractivity contribution in [2.45, 2.75) is 20.3 Å². The largest absolute Gasteiger partial charge is 0.382 e. The van der Waals surface area contributed by atoms with Crippen molar-refractivity contribution in [2.75, 3.05) is 26.4 Å². The summed E-state index contributed by atoms with van der Waals surface area (Å²) in [5.74, 6) is 0. The van der Waals surface area contributed by atoms with Crippen molar-refractivity contribution in [3.8, 4) is 0 Å². The molecule has 2 heteroatoms. The molecule has 0 atom stereocenters. The van der Waals surface area contributed by atoms with E-state index in [-0.39, 0.29) is 0 Å². The first-order chi connectivity index (χ1) is 5.27. The van der Waals surface area contributed by atoms with Gasteiger partial charge in [0.25, 0.3) is 0 Å². The lowest BCUT2D eigenvalue weighted by Crippen LogP contribution is -2.01. The summed E-state index contributed by atoms with van der Waals surface area (Å²) >= 11 is 0. The van der Waals surface area contributed by atoms with Gasteiger partial charge in [0.2, 0.25) is 0 Å². The minimum absolute atomic E-state index is 0.673. The quantitative estimate of drug-likeness (QED) is 0.417. The zero-order chi connectivity index (χ0) is 8.53. The minimum Gasteiger partial charge on any atom is -0.382 e. The molecule has 0 heterocycles. The van der Waals surface area contributed by atoms with Crippen LogP contribution < -0.4 is 0 Å². The normalized spacial score (nSPS) is 10.0. The number of hydrogen-bond donors (Lipinski definition) is 0. The van der Waals surface area contributed by atoms with Gasteiger partial charge in [-0.05, 0) is 20.3 Å². The third kappa shape index (κ3) is 9.66. The first-order valence-corrected chi connectivity index (χ1v) is 4.07. The SMILES string of the molecule is C=C(C)COCCCOCC. The van der Waals surface area contributed by atoms with Crippen molar-refractivity contribution >= 4 is 0 Å². The molecule has 0 fully saturated rings. The summed E-state index contributed by atoms with van der Waals surface area (Å²) in [7, 11) is 0. The summed E-state index contributed by atoms with van der Waals surface area (Å²) in [5, 5.41) is 0. The van der Waals surface area contributed by atoms with E-state index < -0.39 is 0 Å². The number of ether oxygens (including phenoxy) is 2. The van der Waals surface area contributed by atoms with Crippen LogP contribution in [0.15, 0.2) is 12.2 Å². The van der Waals surface area contributed by atoms with Crippen LogP contribution >= 0.6 is 0 Å². The highest BCUT2D eigenvalue weighted by Crippen LogP contribution is 1.90. The van der Waals surface area contributed by atoms with Crippen molar-refractivity contribution < 1.29 is 9.47 Å². The van der Waals surface area contributed by atoms with Crippen molar-refractivity contribution in [2.24, 2.45) is 0 Å². The molecule has 0 saturated carbocycles. The van der Waals surface area contributed by atoms with Crippen LogP contribution in [0.3, 0.4) is 0 Å². The molecule has 0 saturated heterocycles. The zero-order valence-corrected chi connectivity index (χ0v) is 7.56. The molecule has 0 aromatic heterocycles. The molecule has 0 aromatic carbocycles. The van der Waals surface area contributed by atoms with Gasteiger partial charge < -0.3 is 9.47 Å². The zero-order valence-electron chi connectivity index (χ0n) is 7.56. The van der Waals surface area contributed by atoms with E-state index in [9.17, 15) is 0 Å². The van der Waals surface area contributed by atoms with E-state index in [1.807, 2.05) is 13.8 Å². The minimum atomic E-state index is 0.673. The van der Waals surface area contributed by atoms with Crippen molar-refractivity contribution in [3.05, 3.63) is 12.2 Å². The molecule has 2 nitrogen and oxygen atoms in total. The van der Waals surface area contributed by atoms with Crippen molar-refractivity contribution in [1.29, 1.82) is 0 Å². The number of rotatable bonds is 7. The van der Waals surface area contributed by atoms with E-state index in [1.54, 1.807) is 0 Å². The highest BCUT2D eigenvalue weighted by atomic mass is 16.5. The molecule has 0 radical (unpaired) electrons. The second-order valence-electron chi connectivity index (χ2n) is 2.56. The van der Waals surface area contributed by atoms with Gasteiger partial charge in [-0.15, -0.1) is 0 Å². The van der Waals surface area contributed by atoms with Gasteiger partial charge in [-0.3, -0.25) is 0 Å². The van der Waals surface area contributed by atoms with Crippen LogP contribution in [0.25, 0.3) is 0 Å². The summed E-state index contributed by atoms with van der Waals surface area (Å²) in [5.41, 5.74) is 1.07. The Morgan fingerprint density at radius 1 is 1.27 bits per heavy atom. The second kappa shape index (κ2) is 7.76. The van der Waals surface area contributed by atoms with E-state index in [2.05, 4.69) is 6.58 Å². The van der Waals surface area contributed by atoms with E-state index in [0.29, 0.717) is 6.61 Å². The van der Waals surface area contributed by atoms with Gasteiger partial charge in [-0.2, -0.15) is 0 Å². The molecular weight excluding hydrogens is 140 g/mol. The van der Waals surface area contributed by atoms with Gasteiger partial charge in [0, 0.05) is 19.8 Å². The summed E-state index contributed by atoms with van der Waals surface area (Å²) in [6.07, 6.45) is 0.973. The van der Waals surface area contributed by atoms with Crippen LogP contribution in [0, 0.1) is 0 Å². The highest BCUT2D eigenvalue weighted by Gasteiger charge is 1.88. The summed E-state index contributed by atoms with van der Waals surface area (Å²) in [4.78, 5) is 0. The Morgan fingerprint density at radius 2 is 1.91 bits per heavy atom. The second-order valence-corrected chi connectivity index (χ2v) is 2.56. The lowest BCUT2D eigenvalue weighted by atomic mass is 10.4. The average Bonchev–Trinajstić information content (AvgIpc) is 1.96. The molecule has 0 aliphatic carbocycles. The first-order valence-electron chi connectivity index (χ1n) is 4.07. The first kappa shape index (κ1) is 10.7. The predicted molar refractivity (Wildman–Crippen MR) is 46.7 cm³/mol. The van der Waals surface area contributed by atoms with Gasteiger partial charge >= 0.3 is 0 Å². The van der Waals surface area contributed by atoms with E-state index in [0.717, 1.165) is 31.8 Å². The molecule has 0 rings (SSSR count). The Kier molecular flexibility index (Phi) is 7.52. The van der Waals surface area contributed by atoms with Gasteiger partial charge in [-0.1, -0.05) is 12.2 Å². The van der Waals surface area contributed by atoms with Crippen LogP contribution in [0.1, 0.15) is 20.3 Å². The Labute approximate surface area is 69.2 Å². The number of hydrogen-bond acceptors (Lipinski definition) is 2. The van der Waals surface area contributed by atoms with E-state index in [1.165, 1.54) is 0 Å². The van der Waals surface area contributed by atoms with Gasteiger partial charge in [0.15, 0.2) is 0 Å². The van der Waals surface area contributed by atoms with Crippen LogP contribution in [0.5, 0.6) is 0 Å². The third-order valence-corrected chi connectivity index (χ3v) is 1.13. The van der Waals surface area contributed by atoms with Crippen LogP contribution in [0.2, 0.25) is 0 Å². The van der Waals surface area contributed by atoms with Crippen molar-refractivity contribution in [1.82, 2.24) is 0 Å². The highest BCUT2D eigenvalue weighted by molar-refractivity contribution is 4.87. The Bertz CT molecular complexity index is 99.7. The fraction of sp³-hybridized carbons (Fsp3) is 0.778. The maximum Gasteiger partial charge on any atom is 0.0671 e. The average molecular weight is 158 g/mol. The van der Waals surface area contributed by atoms with Crippen LogP contribution in [0.4, 0.5) is 0 Å². The standard InChI is InChI=1S/C9H18O2/c1-4-10-6-5-7-11-8-9(2)3/h2,4-8H2,1,3H3.